The molecule has 0 saturated carbocycles. The quantitative estimate of drug-likeness (QED) is 0.836. The summed E-state index contributed by atoms with van der Waals surface area (Å²) in [6, 6.07) is 7.24. The fraction of sp³-hybridized carbons (Fsp3) is 0.533. The van der Waals surface area contributed by atoms with Crippen molar-refractivity contribution in [2.24, 2.45) is 0 Å². The van der Waals surface area contributed by atoms with Gasteiger partial charge in [-0.1, -0.05) is 26.0 Å². The fourth-order valence-corrected chi connectivity index (χ4v) is 2.71. The molecule has 0 fully saturated rings. The number of aryl methyl sites for hydroxylation is 1. The normalized spacial score (nSPS) is 12.8. The molecule has 1 amide bonds. The van der Waals surface area contributed by atoms with Crippen LogP contribution in [0.2, 0.25) is 0 Å². The highest BCUT2D eigenvalue weighted by Gasteiger charge is 2.21. The summed E-state index contributed by atoms with van der Waals surface area (Å²) in [5.41, 5.74) is 1.63. The van der Waals surface area contributed by atoms with Crippen molar-refractivity contribution in [2.75, 3.05) is 17.1 Å². The van der Waals surface area contributed by atoms with Gasteiger partial charge in [-0.2, -0.15) is 0 Å². The predicted molar refractivity (Wildman–Crippen MR) is 85.9 cm³/mol. The van der Waals surface area contributed by atoms with Crippen molar-refractivity contribution < 1.29 is 13.2 Å². The number of hydrogen-bond acceptors (Lipinski definition) is 3. The second-order valence-electron chi connectivity index (χ2n) is 5.17. The molecule has 21 heavy (non-hydrogen) atoms. The van der Waals surface area contributed by atoms with E-state index in [1.807, 2.05) is 32.9 Å². The molecule has 1 unspecified atom stereocenters. The number of nitrogens with one attached hydrogen (secondary N) is 1. The van der Waals surface area contributed by atoms with E-state index in [2.05, 4.69) is 5.32 Å². The second kappa shape index (κ2) is 7.45. The minimum absolute atomic E-state index is 0.0291. The molecule has 0 spiro atoms. The first kappa shape index (κ1) is 17.5. The highest BCUT2D eigenvalue weighted by molar-refractivity contribution is 7.92. The number of amides is 1. The summed E-state index contributed by atoms with van der Waals surface area (Å²) in [6.07, 6.45) is 2.79. The van der Waals surface area contributed by atoms with E-state index >= 15 is 0 Å². The van der Waals surface area contributed by atoms with E-state index in [1.165, 1.54) is 0 Å². The molecule has 5 nitrogen and oxygen atoms in total. The molecule has 1 aromatic rings. The summed E-state index contributed by atoms with van der Waals surface area (Å²) in [5.74, 6) is -0.297. The number of carbonyl (C=O) groups excluding carboxylic acids is 1. The lowest BCUT2D eigenvalue weighted by atomic mass is 10.1. The summed E-state index contributed by atoms with van der Waals surface area (Å²) in [7, 11) is -3.50. The number of sulfonamides is 1. The van der Waals surface area contributed by atoms with Crippen molar-refractivity contribution in [2.45, 2.75) is 39.7 Å². The Morgan fingerprint density at radius 2 is 1.81 bits per heavy atom. The molecule has 0 aliphatic rings. The van der Waals surface area contributed by atoms with Gasteiger partial charge in [0.05, 0.1) is 11.9 Å². The lowest BCUT2D eigenvalue weighted by molar-refractivity contribution is -0.120. The molecule has 118 valence electrons. The number of rotatable bonds is 7. The maximum absolute atomic E-state index is 11.9. The molecule has 1 N–H and O–H groups in total. The van der Waals surface area contributed by atoms with Crippen LogP contribution in [-0.2, 0) is 21.2 Å². The molecule has 0 aromatic heterocycles. The van der Waals surface area contributed by atoms with Gasteiger partial charge in [0.25, 0.3) is 0 Å². The number of nitrogens with zero attached hydrogens (tertiary/aromatic N) is 1. The fourth-order valence-electron chi connectivity index (χ4n) is 1.85. The first-order valence-electron chi connectivity index (χ1n) is 7.14. The van der Waals surface area contributed by atoms with Crippen molar-refractivity contribution in [1.82, 2.24) is 5.32 Å². The molecule has 1 aromatic carbocycles. The smallest absolute Gasteiger partial charge is 0.240 e. The summed E-state index contributed by atoms with van der Waals surface area (Å²) >= 11 is 0. The molecular formula is C15H24N2O3S. The van der Waals surface area contributed by atoms with Crippen LogP contribution in [0.15, 0.2) is 24.3 Å². The van der Waals surface area contributed by atoms with Crippen LogP contribution in [0.5, 0.6) is 0 Å². The Kier molecular flexibility index (Phi) is 6.20. The molecule has 1 rings (SSSR count). The molecule has 1 atom stereocenters. The molecule has 0 aliphatic heterocycles. The zero-order valence-electron chi connectivity index (χ0n) is 13.1. The van der Waals surface area contributed by atoms with Crippen molar-refractivity contribution in [3.8, 4) is 0 Å². The predicted octanol–water partition coefficient (Wildman–Crippen LogP) is 1.93. The van der Waals surface area contributed by atoms with Gasteiger partial charge >= 0.3 is 0 Å². The monoisotopic (exact) mass is 312 g/mol. The van der Waals surface area contributed by atoms with Gasteiger partial charge < -0.3 is 5.32 Å². The molecule has 0 radical (unpaired) electrons. The molecule has 0 bridgehead atoms. The Morgan fingerprint density at radius 1 is 1.24 bits per heavy atom. The van der Waals surface area contributed by atoms with Crippen molar-refractivity contribution >= 4 is 21.6 Å². The second-order valence-corrected chi connectivity index (χ2v) is 7.07. The first-order chi connectivity index (χ1) is 9.77. The van der Waals surface area contributed by atoms with E-state index in [1.54, 1.807) is 12.1 Å². The van der Waals surface area contributed by atoms with Crippen LogP contribution in [0.3, 0.4) is 0 Å². The van der Waals surface area contributed by atoms with E-state index in [-0.39, 0.29) is 18.5 Å². The average molecular weight is 312 g/mol. The molecule has 0 heterocycles. The maximum Gasteiger partial charge on any atom is 0.240 e. The minimum atomic E-state index is -3.50. The van der Waals surface area contributed by atoms with E-state index in [0.717, 1.165) is 29.0 Å². The summed E-state index contributed by atoms with van der Waals surface area (Å²) in [6.45, 7) is 5.68. The van der Waals surface area contributed by atoms with Crippen molar-refractivity contribution in [3.05, 3.63) is 29.8 Å². The van der Waals surface area contributed by atoms with Gasteiger partial charge in [0.15, 0.2) is 0 Å². The van der Waals surface area contributed by atoms with Crippen molar-refractivity contribution in [3.63, 3.8) is 0 Å². The maximum atomic E-state index is 11.9. The van der Waals surface area contributed by atoms with E-state index in [9.17, 15) is 13.2 Å². The number of carbonyl (C=O) groups is 1. The van der Waals surface area contributed by atoms with Crippen molar-refractivity contribution in [1.29, 1.82) is 0 Å². The van der Waals surface area contributed by atoms with Crippen LogP contribution in [0.4, 0.5) is 5.69 Å². The zero-order chi connectivity index (χ0) is 16.0. The van der Waals surface area contributed by atoms with Crippen LogP contribution in [-0.4, -0.2) is 33.2 Å². The third-order valence-electron chi connectivity index (χ3n) is 3.34. The third-order valence-corrected chi connectivity index (χ3v) is 4.48. The van der Waals surface area contributed by atoms with E-state index in [4.69, 9.17) is 0 Å². The van der Waals surface area contributed by atoms with Gasteiger partial charge in [0, 0.05) is 6.04 Å². The van der Waals surface area contributed by atoms with Crippen LogP contribution in [0.1, 0.15) is 32.8 Å². The summed E-state index contributed by atoms with van der Waals surface area (Å²) in [4.78, 5) is 11.9. The van der Waals surface area contributed by atoms with E-state index in [0.29, 0.717) is 5.69 Å². The highest BCUT2D eigenvalue weighted by Crippen LogP contribution is 2.18. The Morgan fingerprint density at radius 3 is 2.24 bits per heavy atom. The lowest BCUT2D eigenvalue weighted by Crippen LogP contribution is -2.43. The zero-order valence-corrected chi connectivity index (χ0v) is 13.9. The average Bonchev–Trinajstić information content (AvgIpc) is 2.43. The Labute approximate surface area is 127 Å². The number of hydrogen-bond donors (Lipinski definition) is 1. The highest BCUT2D eigenvalue weighted by atomic mass is 32.2. The molecule has 6 heteroatoms. The summed E-state index contributed by atoms with van der Waals surface area (Å²) in [5, 5.41) is 2.78. The van der Waals surface area contributed by atoms with E-state index < -0.39 is 10.0 Å². The minimum Gasteiger partial charge on any atom is -0.352 e. The van der Waals surface area contributed by atoms with Crippen LogP contribution < -0.4 is 9.62 Å². The first-order valence-corrected chi connectivity index (χ1v) is 8.98. The Hall–Kier alpha value is -1.56. The van der Waals surface area contributed by atoms with Gasteiger partial charge in [0.1, 0.15) is 6.54 Å². The standard InChI is InChI=1S/C15H24N2O3S/c1-5-12(3)16-15(18)11-17(21(4,19)20)14-9-7-13(6-2)8-10-14/h7-10,12H,5-6,11H2,1-4H3,(H,16,18). The topological polar surface area (TPSA) is 66.5 Å². The van der Waals surface area contributed by atoms with Gasteiger partial charge in [0.2, 0.25) is 15.9 Å². The van der Waals surface area contributed by atoms with Gasteiger partial charge in [-0.15, -0.1) is 0 Å². The molecule has 0 saturated heterocycles. The number of benzene rings is 1. The Balaban J connectivity index is 2.93. The summed E-state index contributed by atoms with van der Waals surface area (Å²) < 4.78 is 25.0. The SMILES string of the molecule is CCc1ccc(N(CC(=O)NC(C)CC)S(C)(=O)=O)cc1. The molecular weight excluding hydrogens is 288 g/mol. The van der Waals surface area contributed by atoms with Crippen LogP contribution in [0, 0.1) is 0 Å². The number of anilines is 1. The van der Waals surface area contributed by atoms with Gasteiger partial charge in [-0.3, -0.25) is 9.10 Å². The third kappa shape index (κ3) is 5.38. The lowest BCUT2D eigenvalue weighted by Gasteiger charge is -2.23. The van der Waals surface area contributed by atoms with Crippen LogP contribution >= 0.6 is 0 Å². The molecule has 0 aliphatic carbocycles. The largest absolute Gasteiger partial charge is 0.352 e. The van der Waals surface area contributed by atoms with Gasteiger partial charge in [-0.05, 0) is 37.5 Å². The Bertz CT molecular complexity index is 567. The van der Waals surface area contributed by atoms with Crippen LogP contribution in [0.25, 0.3) is 0 Å². The van der Waals surface area contributed by atoms with Gasteiger partial charge in [-0.25, -0.2) is 8.42 Å².